The number of benzene rings is 3. The predicted octanol–water partition coefficient (Wildman–Crippen LogP) is 7.01. The van der Waals surface area contributed by atoms with Gasteiger partial charge < -0.3 is 14.6 Å². The number of hydrogen-bond donors (Lipinski definition) is 1. The Morgan fingerprint density at radius 3 is 2.37 bits per heavy atom. The van der Waals surface area contributed by atoms with E-state index < -0.39 is 23.8 Å². The van der Waals surface area contributed by atoms with Crippen LogP contribution in [-0.2, 0) is 6.18 Å². The molecule has 0 bridgehead atoms. The van der Waals surface area contributed by atoms with Gasteiger partial charge in [-0.05, 0) is 41.8 Å². The minimum Gasteiger partial charge on any atom is -0.508 e. The number of para-hydroxylation sites is 1. The molecule has 9 nitrogen and oxygen atoms in total. The second-order valence-electron chi connectivity index (χ2n) is 11.4. The van der Waals surface area contributed by atoms with Crippen molar-refractivity contribution in [1.82, 2.24) is 19.6 Å². The second kappa shape index (κ2) is 11.2. The molecule has 1 amide bonds. The molecule has 12 heteroatoms. The normalized spacial score (nSPS) is 16.3. The number of rotatable bonds is 5. The Hall–Kier alpha value is -5.39. The zero-order valence-electron chi connectivity index (χ0n) is 24.8. The van der Waals surface area contributed by atoms with Gasteiger partial charge in [-0.1, -0.05) is 56.3 Å². The first-order chi connectivity index (χ1) is 22.1. The number of amides is 1. The summed E-state index contributed by atoms with van der Waals surface area (Å²) in [4.78, 5) is 18.5. The SMILES string of the molecule is CC(C)c1ccc(-c2cc(C(F)(F)F)n3nc(C(=O)N4N=C(c5ccc6c(c5)OCCO6)C[C@H]4c4ccccc4O)cc3n2)cc1. The van der Waals surface area contributed by atoms with Gasteiger partial charge in [0.25, 0.3) is 5.91 Å². The number of carbonyl (C=O) groups excluding carboxylic acids is 1. The van der Waals surface area contributed by atoms with E-state index in [0.29, 0.717) is 51.6 Å². The number of phenols is 1. The maximum Gasteiger partial charge on any atom is 0.433 e. The molecule has 0 unspecified atom stereocenters. The molecule has 1 N–H and O–H groups in total. The molecule has 46 heavy (non-hydrogen) atoms. The first-order valence-corrected chi connectivity index (χ1v) is 14.7. The van der Waals surface area contributed by atoms with Crippen LogP contribution in [0.2, 0.25) is 0 Å². The van der Waals surface area contributed by atoms with Crippen molar-refractivity contribution in [3.63, 3.8) is 0 Å². The highest BCUT2D eigenvalue weighted by Crippen LogP contribution is 2.40. The summed E-state index contributed by atoms with van der Waals surface area (Å²) in [5.41, 5.74) is 1.76. The molecular formula is C34H28F3N5O4. The fourth-order valence-corrected chi connectivity index (χ4v) is 5.69. The van der Waals surface area contributed by atoms with Gasteiger partial charge in [0.15, 0.2) is 28.5 Å². The van der Waals surface area contributed by atoms with E-state index in [4.69, 9.17) is 9.47 Å². The Morgan fingerprint density at radius 2 is 1.65 bits per heavy atom. The van der Waals surface area contributed by atoms with Crippen LogP contribution in [0, 0.1) is 0 Å². The van der Waals surface area contributed by atoms with Gasteiger partial charge in [0, 0.05) is 29.2 Å². The highest BCUT2D eigenvalue weighted by Gasteiger charge is 2.39. The molecule has 2 aliphatic rings. The molecule has 1 atom stereocenters. The van der Waals surface area contributed by atoms with Gasteiger partial charge in [0.05, 0.1) is 17.4 Å². The lowest BCUT2D eigenvalue weighted by atomic mass is 9.97. The first-order valence-electron chi connectivity index (χ1n) is 14.7. The molecule has 4 heterocycles. The van der Waals surface area contributed by atoms with E-state index in [9.17, 15) is 23.1 Å². The zero-order valence-corrected chi connectivity index (χ0v) is 24.8. The molecule has 0 saturated carbocycles. The molecule has 0 fully saturated rings. The molecule has 7 rings (SSSR count). The van der Waals surface area contributed by atoms with Gasteiger partial charge in [-0.2, -0.15) is 23.4 Å². The number of aromatic nitrogens is 3. The van der Waals surface area contributed by atoms with Crippen LogP contribution in [-0.4, -0.2) is 49.5 Å². The van der Waals surface area contributed by atoms with Crippen molar-refractivity contribution in [2.75, 3.05) is 13.2 Å². The van der Waals surface area contributed by atoms with Crippen LogP contribution in [0.25, 0.3) is 16.9 Å². The van der Waals surface area contributed by atoms with Crippen LogP contribution in [0.4, 0.5) is 13.2 Å². The lowest BCUT2D eigenvalue weighted by Gasteiger charge is -2.21. The van der Waals surface area contributed by atoms with E-state index in [2.05, 4.69) is 15.2 Å². The Kier molecular flexibility index (Phi) is 7.14. The summed E-state index contributed by atoms with van der Waals surface area (Å²) >= 11 is 0. The minimum absolute atomic E-state index is 0.0481. The summed E-state index contributed by atoms with van der Waals surface area (Å²) in [5.74, 6) is 0.585. The van der Waals surface area contributed by atoms with Crippen molar-refractivity contribution in [3.05, 3.63) is 107 Å². The number of hydrazone groups is 1. The third kappa shape index (κ3) is 5.29. The number of halogens is 3. The maximum absolute atomic E-state index is 14.3. The van der Waals surface area contributed by atoms with Crippen LogP contribution in [0.3, 0.4) is 0 Å². The fraction of sp³-hybridized carbons (Fsp3) is 0.235. The van der Waals surface area contributed by atoms with Gasteiger partial charge in [-0.15, -0.1) is 0 Å². The number of fused-ring (bicyclic) bond motifs is 2. The summed E-state index contributed by atoms with van der Waals surface area (Å²) in [5, 5.41) is 20.5. The Morgan fingerprint density at radius 1 is 0.935 bits per heavy atom. The van der Waals surface area contributed by atoms with Crippen molar-refractivity contribution in [2.45, 2.75) is 38.4 Å². The van der Waals surface area contributed by atoms with Crippen molar-refractivity contribution in [2.24, 2.45) is 5.10 Å². The van der Waals surface area contributed by atoms with E-state index in [1.165, 1.54) is 12.1 Å². The van der Waals surface area contributed by atoms with Crippen LogP contribution in [0.1, 0.15) is 65.1 Å². The van der Waals surface area contributed by atoms with Gasteiger partial charge in [0.2, 0.25) is 0 Å². The van der Waals surface area contributed by atoms with Crippen LogP contribution < -0.4 is 9.47 Å². The Balaban J connectivity index is 1.30. The Labute approximate surface area is 261 Å². The fourth-order valence-electron chi connectivity index (χ4n) is 5.69. The highest BCUT2D eigenvalue weighted by molar-refractivity contribution is 6.05. The Bertz CT molecular complexity index is 2000. The van der Waals surface area contributed by atoms with E-state index >= 15 is 0 Å². The van der Waals surface area contributed by atoms with Crippen LogP contribution in [0.5, 0.6) is 17.2 Å². The molecule has 234 valence electrons. The van der Waals surface area contributed by atoms with Crippen molar-refractivity contribution in [3.8, 4) is 28.5 Å². The van der Waals surface area contributed by atoms with Crippen molar-refractivity contribution in [1.29, 1.82) is 0 Å². The number of hydrogen-bond acceptors (Lipinski definition) is 7. The molecule has 3 aromatic carbocycles. The van der Waals surface area contributed by atoms with Gasteiger partial charge in [-0.25, -0.2) is 14.5 Å². The number of phenolic OH excluding ortho intramolecular Hbond substituents is 1. The number of nitrogens with zero attached hydrogens (tertiary/aromatic N) is 5. The summed E-state index contributed by atoms with van der Waals surface area (Å²) < 4.78 is 55.0. The monoisotopic (exact) mass is 627 g/mol. The zero-order chi connectivity index (χ0) is 32.2. The number of ether oxygens (including phenoxy) is 2. The highest BCUT2D eigenvalue weighted by atomic mass is 19.4. The third-order valence-corrected chi connectivity index (χ3v) is 8.10. The lowest BCUT2D eigenvalue weighted by Crippen LogP contribution is -2.27. The maximum atomic E-state index is 14.3. The lowest BCUT2D eigenvalue weighted by molar-refractivity contribution is -0.142. The van der Waals surface area contributed by atoms with Crippen LogP contribution in [0.15, 0.2) is 84.0 Å². The topological polar surface area (TPSA) is 102 Å². The standard InChI is InChI=1S/C34H28F3N5O4/c1-19(2)20-7-9-21(10-8-20)24-17-31(34(35,36)37)42-32(38-24)18-26(40-42)33(44)41-27(23-5-3-4-6-28(23)43)16-25(39-41)22-11-12-29-30(15-22)46-14-13-45-29/h3-12,15,17-19,27,43H,13-14,16H2,1-2H3/t27-/m0/s1. The third-order valence-electron chi connectivity index (χ3n) is 8.10. The predicted molar refractivity (Wildman–Crippen MR) is 163 cm³/mol. The molecule has 0 radical (unpaired) electrons. The van der Waals surface area contributed by atoms with Gasteiger partial charge in [0.1, 0.15) is 19.0 Å². The summed E-state index contributed by atoms with van der Waals surface area (Å²) in [7, 11) is 0. The molecule has 2 aliphatic heterocycles. The summed E-state index contributed by atoms with van der Waals surface area (Å²) in [6, 6.07) is 20.4. The number of carbonyl (C=O) groups is 1. The minimum atomic E-state index is -4.78. The van der Waals surface area contributed by atoms with Crippen molar-refractivity contribution < 1.29 is 32.5 Å². The van der Waals surface area contributed by atoms with E-state index in [0.717, 1.165) is 16.6 Å². The second-order valence-corrected chi connectivity index (χ2v) is 11.4. The summed E-state index contributed by atoms with van der Waals surface area (Å²) in [6.07, 6.45) is -4.56. The quantitative estimate of drug-likeness (QED) is 0.225. The van der Waals surface area contributed by atoms with Gasteiger partial charge >= 0.3 is 6.18 Å². The van der Waals surface area contributed by atoms with E-state index in [1.807, 2.05) is 26.0 Å². The van der Waals surface area contributed by atoms with Gasteiger partial charge in [-0.3, -0.25) is 4.79 Å². The molecule has 2 aromatic heterocycles. The molecule has 0 spiro atoms. The molecule has 5 aromatic rings. The first kappa shape index (κ1) is 29.3. The molecule has 0 aliphatic carbocycles. The van der Waals surface area contributed by atoms with Crippen molar-refractivity contribution >= 4 is 17.3 Å². The average molecular weight is 628 g/mol. The molecular weight excluding hydrogens is 599 g/mol. The summed E-state index contributed by atoms with van der Waals surface area (Å²) in [6.45, 7) is 4.88. The smallest absolute Gasteiger partial charge is 0.433 e. The molecule has 0 saturated heterocycles. The number of alkyl halides is 3. The number of aromatic hydroxyl groups is 1. The average Bonchev–Trinajstić information content (AvgIpc) is 3.69. The van der Waals surface area contributed by atoms with E-state index in [1.54, 1.807) is 48.5 Å². The van der Waals surface area contributed by atoms with E-state index in [-0.39, 0.29) is 35.1 Å². The van der Waals surface area contributed by atoms with Crippen LogP contribution >= 0.6 is 0 Å². The largest absolute Gasteiger partial charge is 0.508 e.